The Morgan fingerprint density at radius 1 is 0.968 bits per heavy atom. The summed E-state index contributed by atoms with van der Waals surface area (Å²) in [5, 5.41) is 12.8. The van der Waals surface area contributed by atoms with Crippen LogP contribution in [0, 0.1) is 11.3 Å². The fraction of sp³-hybridized carbons (Fsp3) is 0.308. The SMILES string of the molecule is N#Cc1ccc(CN2CCC(Nc3cccc4c3CN(c3ccccn3)C4)CC2)cc1. The lowest BCUT2D eigenvalue weighted by atomic mass is 10.0. The highest BCUT2D eigenvalue weighted by atomic mass is 15.2. The Morgan fingerprint density at radius 3 is 2.55 bits per heavy atom. The second kappa shape index (κ2) is 8.79. The molecule has 2 aromatic carbocycles. The van der Waals surface area contributed by atoms with Crippen molar-refractivity contribution in [3.05, 3.63) is 89.1 Å². The number of nitrogens with one attached hydrogen (secondary N) is 1. The number of pyridine rings is 1. The number of piperidine rings is 1. The largest absolute Gasteiger partial charge is 0.382 e. The van der Waals surface area contributed by atoms with E-state index in [9.17, 15) is 0 Å². The van der Waals surface area contributed by atoms with Gasteiger partial charge < -0.3 is 10.2 Å². The summed E-state index contributed by atoms with van der Waals surface area (Å²) in [6, 6.07) is 23.4. The van der Waals surface area contributed by atoms with Gasteiger partial charge in [0.2, 0.25) is 0 Å². The highest BCUT2D eigenvalue weighted by molar-refractivity contribution is 5.60. The smallest absolute Gasteiger partial charge is 0.129 e. The Kier molecular flexibility index (Phi) is 5.56. The molecule has 0 saturated carbocycles. The molecule has 156 valence electrons. The number of fused-ring (bicyclic) bond motifs is 1. The van der Waals surface area contributed by atoms with Gasteiger partial charge in [-0.3, -0.25) is 4.90 Å². The maximum absolute atomic E-state index is 8.96. The number of nitrogens with zero attached hydrogens (tertiary/aromatic N) is 4. The van der Waals surface area contributed by atoms with Crippen LogP contribution in [0.3, 0.4) is 0 Å². The summed E-state index contributed by atoms with van der Waals surface area (Å²) in [6.45, 7) is 4.97. The highest BCUT2D eigenvalue weighted by Crippen LogP contribution is 2.33. The van der Waals surface area contributed by atoms with E-state index in [0.29, 0.717) is 6.04 Å². The van der Waals surface area contributed by atoms with Crippen molar-refractivity contribution in [2.45, 2.75) is 38.5 Å². The fourth-order valence-electron chi connectivity index (χ4n) is 4.66. The molecule has 1 saturated heterocycles. The van der Waals surface area contributed by atoms with E-state index >= 15 is 0 Å². The van der Waals surface area contributed by atoms with Crippen LogP contribution in [0.2, 0.25) is 0 Å². The number of benzene rings is 2. The van der Waals surface area contributed by atoms with Gasteiger partial charge in [0.25, 0.3) is 0 Å². The van der Waals surface area contributed by atoms with E-state index in [4.69, 9.17) is 5.26 Å². The predicted octanol–water partition coefficient (Wildman–Crippen LogP) is 4.55. The molecule has 5 heteroatoms. The van der Waals surface area contributed by atoms with Crippen molar-refractivity contribution in [2.24, 2.45) is 0 Å². The molecule has 2 aliphatic heterocycles. The zero-order valence-corrected chi connectivity index (χ0v) is 17.7. The number of hydrogen-bond donors (Lipinski definition) is 1. The van der Waals surface area contributed by atoms with Crippen molar-refractivity contribution in [3.63, 3.8) is 0 Å². The third-order valence-corrected chi connectivity index (χ3v) is 6.39. The van der Waals surface area contributed by atoms with Gasteiger partial charge in [0, 0.05) is 50.6 Å². The van der Waals surface area contributed by atoms with Gasteiger partial charge in [0.05, 0.1) is 11.6 Å². The van der Waals surface area contributed by atoms with Crippen molar-refractivity contribution < 1.29 is 0 Å². The summed E-state index contributed by atoms with van der Waals surface area (Å²) in [5.74, 6) is 1.04. The first-order chi connectivity index (χ1) is 15.3. The van der Waals surface area contributed by atoms with Gasteiger partial charge in [-0.15, -0.1) is 0 Å². The molecule has 3 aromatic rings. The molecule has 31 heavy (non-hydrogen) atoms. The summed E-state index contributed by atoms with van der Waals surface area (Å²) in [5.41, 5.74) is 6.09. The van der Waals surface area contributed by atoms with Gasteiger partial charge in [0.1, 0.15) is 5.82 Å². The van der Waals surface area contributed by atoms with E-state index in [0.717, 1.165) is 56.9 Å². The molecule has 1 aromatic heterocycles. The van der Waals surface area contributed by atoms with E-state index in [2.05, 4.69) is 68.6 Å². The lowest BCUT2D eigenvalue weighted by Gasteiger charge is -2.33. The number of hydrogen-bond acceptors (Lipinski definition) is 5. The molecule has 0 aliphatic carbocycles. The Hall–Kier alpha value is -3.36. The van der Waals surface area contributed by atoms with Crippen molar-refractivity contribution in [3.8, 4) is 6.07 Å². The molecule has 0 bridgehead atoms. The quantitative estimate of drug-likeness (QED) is 0.670. The summed E-state index contributed by atoms with van der Waals surface area (Å²) < 4.78 is 0. The average Bonchev–Trinajstić information content (AvgIpc) is 3.27. The average molecular weight is 410 g/mol. The van der Waals surface area contributed by atoms with Gasteiger partial charge in [-0.2, -0.15) is 5.26 Å². The molecule has 3 heterocycles. The summed E-state index contributed by atoms with van der Waals surface area (Å²) >= 11 is 0. The van der Waals surface area contributed by atoms with Crippen LogP contribution >= 0.6 is 0 Å². The fourth-order valence-corrected chi connectivity index (χ4v) is 4.66. The van der Waals surface area contributed by atoms with Crippen LogP contribution in [0.25, 0.3) is 0 Å². The number of likely N-dealkylation sites (tertiary alicyclic amines) is 1. The molecule has 0 radical (unpaired) electrons. The maximum Gasteiger partial charge on any atom is 0.129 e. The molecule has 0 atom stereocenters. The maximum atomic E-state index is 8.96. The first kappa shape index (κ1) is 19.6. The van der Waals surface area contributed by atoms with Crippen molar-refractivity contribution in [1.29, 1.82) is 5.26 Å². The third-order valence-electron chi connectivity index (χ3n) is 6.39. The molecule has 5 nitrogen and oxygen atoms in total. The minimum Gasteiger partial charge on any atom is -0.382 e. The Morgan fingerprint density at radius 2 is 1.81 bits per heavy atom. The topological polar surface area (TPSA) is 55.2 Å². The molecule has 0 amide bonds. The first-order valence-electron chi connectivity index (χ1n) is 11.0. The monoisotopic (exact) mass is 409 g/mol. The first-order valence-corrected chi connectivity index (χ1v) is 11.0. The Balaban J connectivity index is 1.18. The zero-order chi connectivity index (χ0) is 21.0. The third kappa shape index (κ3) is 4.40. The van der Waals surface area contributed by atoms with Gasteiger partial charge in [-0.1, -0.05) is 30.3 Å². The molecule has 0 unspecified atom stereocenters. The van der Waals surface area contributed by atoms with Crippen LogP contribution < -0.4 is 10.2 Å². The zero-order valence-electron chi connectivity index (χ0n) is 17.7. The molecule has 2 aliphatic rings. The molecular formula is C26H27N5. The van der Waals surface area contributed by atoms with Crippen LogP contribution in [0.4, 0.5) is 11.5 Å². The number of aromatic nitrogens is 1. The lowest BCUT2D eigenvalue weighted by molar-refractivity contribution is 0.211. The van der Waals surface area contributed by atoms with Crippen molar-refractivity contribution >= 4 is 11.5 Å². The number of rotatable bonds is 5. The minimum absolute atomic E-state index is 0.507. The van der Waals surface area contributed by atoms with Crippen LogP contribution in [0.5, 0.6) is 0 Å². The summed E-state index contributed by atoms with van der Waals surface area (Å²) in [6.07, 6.45) is 4.15. The van der Waals surface area contributed by atoms with Gasteiger partial charge in [0.15, 0.2) is 0 Å². The second-order valence-electron chi connectivity index (χ2n) is 8.49. The lowest BCUT2D eigenvalue weighted by Crippen LogP contribution is -2.38. The second-order valence-corrected chi connectivity index (χ2v) is 8.49. The van der Waals surface area contributed by atoms with Crippen LogP contribution in [-0.2, 0) is 19.6 Å². The molecule has 1 fully saturated rings. The molecular weight excluding hydrogens is 382 g/mol. The number of anilines is 2. The Labute approximate surface area is 184 Å². The van der Waals surface area contributed by atoms with Crippen LogP contribution in [-0.4, -0.2) is 29.0 Å². The minimum atomic E-state index is 0.507. The number of nitriles is 1. The van der Waals surface area contributed by atoms with Crippen LogP contribution in [0.15, 0.2) is 66.9 Å². The molecule has 0 spiro atoms. The molecule has 1 N–H and O–H groups in total. The van der Waals surface area contributed by atoms with E-state index in [-0.39, 0.29) is 0 Å². The summed E-state index contributed by atoms with van der Waals surface area (Å²) in [7, 11) is 0. The van der Waals surface area contributed by atoms with Gasteiger partial charge >= 0.3 is 0 Å². The molecule has 5 rings (SSSR count). The highest BCUT2D eigenvalue weighted by Gasteiger charge is 2.25. The van der Waals surface area contributed by atoms with E-state index < -0.39 is 0 Å². The Bertz CT molecular complexity index is 1060. The summed E-state index contributed by atoms with van der Waals surface area (Å²) in [4.78, 5) is 9.38. The van der Waals surface area contributed by atoms with E-state index in [1.54, 1.807) is 0 Å². The van der Waals surface area contributed by atoms with Crippen LogP contribution in [0.1, 0.15) is 35.1 Å². The van der Waals surface area contributed by atoms with E-state index in [1.807, 2.05) is 24.4 Å². The van der Waals surface area contributed by atoms with Gasteiger partial charge in [-0.25, -0.2) is 4.98 Å². The van der Waals surface area contributed by atoms with Gasteiger partial charge in [-0.05, 0) is 59.9 Å². The normalized spacial score (nSPS) is 16.7. The van der Waals surface area contributed by atoms with Crippen molar-refractivity contribution in [2.75, 3.05) is 23.3 Å². The predicted molar refractivity (Wildman–Crippen MR) is 124 cm³/mol. The standard InChI is InChI=1S/C26H27N5/c27-16-20-7-9-21(10-8-20)17-30-14-11-23(12-15-30)29-25-5-3-4-22-18-31(19-24(22)25)26-6-1-2-13-28-26/h1-10,13,23,29H,11-12,14-15,17-19H2. The van der Waals surface area contributed by atoms with Crippen molar-refractivity contribution in [1.82, 2.24) is 9.88 Å². The van der Waals surface area contributed by atoms with E-state index in [1.165, 1.54) is 22.4 Å².